The maximum absolute atomic E-state index is 9.37. The van der Waals surface area contributed by atoms with E-state index >= 15 is 0 Å². The maximum Gasteiger partial charge on any atom is 0.137 e. The molecule has 0 radical (unpaired) electrons. The number of fused-ring (bicyclic) bond motifs is 1. The van der Waals surface area contributed by atoms with Gasteiger partial charge in [-0.05, 0) is 43.3 Å². The molecule has 0 aliphatic heterocycles. The van der Waals surface area contributed by atoms with E-state index in [1.807, 2.05) is 13.0 Å². The molecule has 3 rings (SSSR count). The summed E-state index contributed by atoms with van der Waals surface area (Å²) in [4.78, 5) is 0. The maximum atomic E-state index is 9.37. The summed E-state index contributed by atoms with van der Waals surface area (Å²) in [6.07, 6.45) is 0. The van der Waals surface area contributed by atoms with Crippen molar-refractivity contribution in [2.45, 2.75) is 6.92 Å². The van der Waals surface area contributed by atoms with Crippen LogP contribution >= 0.6 is 0 Å². The third-order valence-electron chi connectivity index (χ3n) is 3.22. The number of phenolic OH excluding ortho intramolecular Hbond substituents is 1. The van der Waals surface area contributed by atoms with Gasteiger partial charge in [0.1, 0.15) is 23.3 Å². The van der Waals surface area contributed by atoms with Crippen LogP contribution in [0.15, 0.2) is 36.4 Å². The first-order valence-corrected chi connectivity index (χ1v) is 6.57. The van der Waals surface area contributed by atoms with Crippen molar-refractivity contribution in [1.29, 1.82) is 5.26 Å². The molecule has 1 aromatic heterocycles. The Hall–Kier alpha value is -3.00. The zero-order valence-corrected chi connectivity index (χ0v) is 11.4. The predicted molar refractivity (Wildman–Crippen MR) is 79.1 cm³/mol. The number of nitrogens with zero attached hydrogens (tertiary/aromatic N) is 2. The van der Waals surface area contributed by atoms with Crippen LogP contribution in [0.3, 0.4) is 0 Å². The molecule has 0 amide bonds. The van der Waals surface area contributed by atoms with Crippen molar-refractivity contribution in [1.82, 2.24) is 10.2 Å². The van der Waals surface area contributed by atoms with Gasteiger partial charge in [-0.25, -0.2) is 0 Å². The highest BCUT2D eigenvalue weighted by Gasteiger charge is 2.13. The second kappa shape index (κ2) is 5.17. The van der Waals surface area contributed by atoms with E-state index in [9.17, 15) is 5.11 Å². The topological polar surface area (TPSA) is 81.9 Å². The molecule has 0 spiro atoms. The summed E-state index contributed by atoms with van der Waals surface area (Å²) in [5.41, 5.74) is 2.89. The van der Waals surface area contributed by atoms with Crippen LogP contribution in [0.2, 0.25) is 0 Å². The second-order valence-corrected chi connectivity index (χ2v) is 4.56. The van der Waals surface area contributed by atoms with Crippen LogP contribution in [-0.4, -0.2) is 21.9 Å². The average molecular weight is 279 g/mol. The molecule has 0 atom stereocenters. The summed E-state index contributed by atoms with van der Waals surface area (Å²) in [5, 5.41) is 26.6. The third kappa shape index (κ3) is 2.28. The predicted octanol–water partition coefficient (Wildman–Crippen LogP) is 3.21. The second-order valence-electron chi connectivity index (χ2n) is 4.56. The highest BCUT2D eigenvalue weighted by atomic mass is 16.5. The number of rotatable bonds is 3. The minimum atomic E-state index is 0.209. The fraction of sp³-hybridized carbons (Fsp3) is 0.125. The summed E-state index contributed by atoms with van der Waals surface area (Å²) in [6, 6.07) is 12.5. The lowest BCUT2D eigenvalue weighted by Gasteiger charge is -2.06. The number of aromatic amines is 1. The number of phenols is 1. The molecule has 0 unspecified atom stereocenters. The zero-order chi connectivity index (χ0) is 14.8. The minimum Gasteiger partial charge on any atom is -0.508 e. The number of benzene rings is 2. The van der Waals surface area contributed by atoms with Crippen molar-refractivity contribution in [2.24, 2.45) is 0 Å². The SMILES string of the molecule is CCOc1cc2c(-c3ccc(O)cc3)n[nH]c2cc1C#N. The van der Waals surface area contributed by atoms with Gasteiger partial charge in [-0.3, -0.25) is 5.10 Å². The summed E-state index contributed by atoms with van der Waals surface area (Å²) < 4.78 is 5.51. The van der Waals surface area contributed by atoms with Crippen LogP contribution in [0.5, 0.6) is 11.5 Å². The monoisotopic (exact) mass is 279 g/mol. The molecule has 0 bridgehead atoms. The van der Waals surface area contributed by atoms with E-state index in [1.165, 1.54) is 0 Å². The molecule has 0 aliphatic carbocycles. The molecule has 0 aliphatic rings. The van der Waals surface area contributed by atoms with E-state index in [0.29, 0.717) is 17.9 Å². The summed E-state index contributed by atoms with van der Waals surface area (Å²) in [5.74, 6) is 0.759. The van der Waals surface area contributed by atoms with E-state index < -0.39 is 0 Å². The van der Waals surface area contributed by atoms with E-state index in [0.717, 1.165) is 22.2 Å². The van der Waals surface area contributed by atoms with Crippen molar-refractivity contribution in [2.75, 3.05) is 6.61 Å². The quantitative estimate of drug-likeness (QED) is 0.771. The molecular formula is C16H13N3O2. The van der Waals surface area contributed by atoms with Gasteiger partial charge in [0.15, 0.2) is 0 Å². The van der Waals surface area contributed by atoms with Crippen molar-refractivity contribution in [3.63, 3.8) is 0 Å². The van der Waals surface area contributed by atoms with Gasteiger partial charge < -0.3 is 9.84 Å². The number of aromatic hydroxyl groups is 1. The number of nitriles is 1. The Morgan fingerprint density at radius 1 is 1.29 bits per heavy atom. The van der Waals surface area contributed by atoms with Crippen LogP contribution in [-0.2, 0) is 0 Å². The fourth-order valence-corrected chi connectivity index (χ4v) is 2.25. The number of nitrogens with one attached hydrogen (secondary N) is 1. The summed E-state index contributed by atoms with van der Waals surface area (Å²) >= 11 is 0. The van der Waals surface area contributed by atoms with Crippen LogP contribution in [0.25, 0.3) is 22.2 Å². The Labute approximate surface area is 121 Å². The van der Waals surface area contributed by atoms with Gasteiger partial charge in [-0.15, -0.1) is 0 Å². The van der Waals surface area contributed by atoms with E-state index in [-0.39, 0.29) is 5.75 Å². The molecule has 104 valence electrons. The van der Waals surface area contributed by atoms with Crippen LogP contribution in [0.1, 0.15) is 12.5 Å². The highest BCUT2D eigenvalue weighted by Crippen LogP contribution is 2.32. The first-order chi connectivity index (χ1) is 10.2. The number of ether oxygens (including phenoxy) is 1. The molecule has 2 aromatic carbocycles. The lowest BCUT2D eigenvalue weighted by atomic mass is 10.1. The van der Waals surface area contributed by atoms with Gasteiger partial charge in [0.25, 0.3) is 0 Å². The van der Waals surface area contributed by atoms with Gasteiger partial charge in [0, 0.05) is 10.9 Å². The molecular weight excluding hydrogens is 266 g/mol. The van der Waals surface area contributed by atoms with Crippen LogP contribution in [0.4, 0.5) is 0 Å². The van der Waals surface area contributed by atoms with Gasteiger partial charge in [0.05, 0.1) is 17.7 Å². The number of hydrogen-bond acceptors (Lipinski definition) is 4. The smallest absolute Gasteiger partial charge is 0.137 e. The Balaban J connectivity index is 2.19. The van der Waals surface area contributed by atoms with Crippen LogP contribution in [0, 0.1) is 11.3 Å². The molecule has 3 aromatic rings. The first kappa shape index (κ1) is 13.0. The van der Waals surface area contributed by atoms with Gasteiger partial charge >= 0.3 is 0 Å². The van der Waals surface area contributed by atoms with Crippen molar-refractivity contribution in [3.05, 3.63) is 42.0 Å². The van der Waals surface area contributed by atoms with Gasteiger partial charge in [-0.2, -0.15) is 10.4 Å². The lowest BCUT2D eigenvalue weighted by molar-refractivity contribution is 0.340. The number of hydrogen-bond donors (Lipinski definition) is 2. The summed E-state index contributed by atoms with van der Waals surface area (Å²) in [6.45, 7) is 2.37. The molecule has 2 N–H and O–H groups in total. The standard InChI is InChI=1S/C16H13N3O2/c1-2-21-15-8-13-14(7-11(15)9-17)18-19-16(13)10-3-5-12(20)6-4-10/h3-8,20H,2H2,1H3,(H,18,19). The Kier molecular flexibility index (Phi) is 3.20. The first-order valence-electron chi connectivity index (χ1n) is 6.57. The van der Waals surface area contributed by atoms with Crippen molar-refractivity contribution >= 4 is 10.9 Å². The molecule has 5 heteroatoms. The molecule has 21 heavy (non-hydrogen) atoms. The minimum absolute atomic E-state index is 0.209. The zero-order valence-electron chi connectivity index (χ0n) is 11.4. The van der Waals surface area contributed by atoms with E-state index in [4.69, 9.17) is 10.00 Å². The third-order valence-corrected chi connectivity index (χ3v) is 3.22. The van der Waals surface area contributed by atoms with E-state index in [2.05, 4.69) is 16.3 Å². The van der Waals surface area contributed by atoms with Crippen molar-refractivity contribution < 1.29 is 9.84 Å². The molecule has 0 saturated carbocycles. The van der Waals surface area contributed by atoms with E-state index in [1.54, 1.807) is 30.3 Å². The Morgan fingerprint density at radius 2 is 2.05 bits per heavy atom. The normalized spacial score (nSPS) is 10.5. The number of aromatic nitrogens is 2. The molecule has 5 nitrogen and oxygen atoms in total. The average Bonchev–Trinajstić information content (AvgIpc) is 2.90. The Morgan fingerprint density at radius 3 is 2.71 bits per heavy atom. The van der Waals surface area contributed by atoms with Gasteiger partial charge in [-0.1, -0.05) is 0 Å². The lowest BCUT2D eigenvalue weighted by Crippen LogP contribution is -1.94. The number of H-pyrrole nitrogens is 1. The summed E-state index contributed by atoms with van der Waals surface area (Å²) in [7, 11) is 0. The highest BCUT2D eigenvalue weighted by molar-refractivity contribution is 5.94. The molecule has 0 fully saturated rings. The van der Waals surface area contributed by atoms with Gasteiger partial charge in [0.2, 0.25) is 0 Å². The Bertz CT molecular complexity index is 829. The molecule has 1 heterocycles. The molecule has 0 saturated heterocycles. The fourth-order valence-electron chi connectivity index (χ4n) is 2.25. The van der Waals surface area contributed by atoms with Crippen molar-refractivity contribution in [3.8, 4) is 28.8 Å². The van der Waals surface area contributed by atoms with Crippen LogP contribution < -0.4 is 4.74 Å². The largest absolute Gasteiger partial charge is 0.508 e.